The van der Waals surface area contributed by atoms with Crippen LogP contribution < -0.4 is 5.25 Å². The average Bonchev–Trinajstić information content (AvgIpc) is 1.46. The van der Waals surface area contributed by atoms with Gasteiger partial charge in [-0.15, -0.1) is 0 Å². The van der Waals surface area contributed by atoms with Gasteiger partial charge in [-0.2, -0.15) is 0 Å². The van der Waals surface area contributed by atoms with Gasteiger partial charge in [0.1, 0.15) is 0 Å². The molecule has 0 radical (unpaired) electrons. The fourth-order valence-electron chi connectivity index (χ4n) is 0. The van der Waals surface area contributed by atoms with Crippen molar-refractivity contribution in [1.29, 1.82) is 0 Å². The van der Waals surface area contributed by atoms with Crippen LogP contribution in [0, 0.1) is 0 Å². The summed E-state index contributed by atoms with van der Waals surface area (Å²) in [6.45, 7) is -0.250. The lowest BCUT2D eigenvalue weighted by atomic mass is 11.7. The van der Waals surface area contributed by atoms with Crippen molar-refractivity contribution in [2.24, 2.45) is 5.25 Å². The molecular weight excluding hydrogens is 93.5 g/mol. The predicted octanol–water partition coefficient (Wildman–Crippen LogP) is -0.200. The summed E-state index contributed by atoms with van der Waals surface area (Å²) in [6, 6.07) is 0. The van der Waals surface area contributed by atoms with E-state index in [-0.39, 0.29) is 6.47 Å². The minimum absolute atomic E-state index is 0.250. The highest BCUT2D eigenvalue weighted by Gasteiger charge is 1.22. The smallest absolute Gasteiger partial charge is 0.290 e. The number of hydrogen-bond donors (Lipinski definition) is 2. The molecule has 0 spiro atoms. The van der Waals surface area contributed by atoms with E-state index in [2.05, 4.69) is 17.0 Å². The zero-order chi connectivity index (χ0) is 4.71. The zero-order valence-electron chi connectivity index (χ0n) is 2.39. The van der Waals surface area contributed by atoms with Gasteiger partial charge in [0.05, 0.1) is 0 Å². The molecule has 0 saturated heterocycles. The third-order valence-corrected chi connectivity index (χ3v) is 0. The molecule has 0 aromatic rings. The van der Waals surface area contributed by atoms with E-state index in [0.29, 0.717) is 0 Å². The minimum Gasteiger partial charge on any atom is -0.483 e. The van der Waals surface area contributed by atoms with Gasteiger partial charge in [-0.05, 0) is 11.8 Å². The number of carbonyl (C=O) groups is 1. The molecule has 0 bridgehead atoms. The summed E-state index contributed by atoms with van der Waals surface area (Å²) in [4.78, 5) is 8.36. The topological polar surface area (TPSA) is 63.3 Å². The van der Waals surface area contributed by atoms with Crippen LogP contribution in [0.3, 0.4) is 0 Å². The SMILES string of the molecule is NCl.O=CO. The van der Waals surface area contributed by atoms with E-state index in [0.717, 1.165) is 0 Å². The summed E-state index contributed by atoms with van der Waals surface area (Å²) in [5.41, 5.74) is 0. The van der Waals surface area contributed by atoms with Crippen molar-refractivity contribution >= 4 is 18.2 Å². The number of rotatable bonds is 0. The second kappa shape index (κ2) is 53.1. The van der Waals surface area contributed by atoms with Crippen molar-refractivity contribution < 1.29 is 9.90 Å². The molecule has 0 aliphatic carbocycles. The van der Waals surface area contributed by atoms with E-state index < -0.39 is 0 Å². The van der Waals surface area contributed by atoms with E-state index in [1.807, 2.05) is 0 Å². The molecule has 0 amide bonds. The van der Waals surface area contributed by atoms with Gasteiger partial charge in [-0.1, -0.05) is 0 Å². The first-order valence-corrected chi connectivity index (χ1v) is 1.15. The van der Waals surface area contributed by atoms with Crippen LogP contribution in [-0.2, 0) is 4.79 Å². The maximum Gasteiger partial charge on any atom is 0.290 e. The van der Waals surface area contributed by atoms with Gasteiger partial charge in [0.25, 0.3) is 6.47 Å². The first-order valence-electron chi connectivity index (χ1n) is 0.712. The summed E-state index contributed by atoms with van der Waals surface area (Å²) < 4.78 is 0. The van der Waals surface area contributed by atoms with E-state index in [9.17, 15) is 0 Å². The highest BCUT2D eigenvalue weighted by atomic mass is 35.5. The Labute approximate surface area is 34.5 Å². The zero-order valence-corrected chi connectivity index (χ0v) is 3.14. The van der Waals surface area contributed by atoms with Crippen LogP contribution in [0.4, 0.5) is 0 Å². The Hall–Kier alpha value is -0.280. The van der Waals surface area contributed by atoms with Gasteiger partial charge in [-0.3, -0.25) is 4.79 Å². The Balaban J connectivity index is 0. The van der Waals surface area contributed by atoms with Crippen molar-refractivity contribution in [3.05, 3.63) is 0 Å². The molecule has 32 valence electrons. The summed E-state index contributed by atoms with van der Waals surface area (Å²) in [7, 11) is 0. The average molecular weight is 97.5 g/mol. The van der Waals surface area contributed by atoms with Crippen LogP contribution in [-0.4, -0.2) is 11.6 Å². The molecule has 0 aliphatic heterocycles. The lowest BCUT2D eigenvalue weighted by Crippen LogP contribution is -1.49. The molecule has 0 aliphatic rings. The van der Waals surface area contributed by atoms with Gasteiger partial charge >= 0.3 is 0 Å². The normalized spacial score (nSPS) is 3.60. The van der Waals surface area contributed by atoms with E-state index >= 15 is 0 Å². The van der Waals surface area contributed by atoms with Crippen molar-refractivity contribution in [3.63, 3.8) is 0 Å². The second-order valence-electron chi connectivity index (χ2n) is 0.105. The van der Waals surface area contributed by atoms with E-state index in [4.69, 9.17) is 9.90 Å². The molecule has 3 nitrogen and oxygen atoms in total. The third kappa shape index (κ3) is 140. The van der Waals surface area contributed by atoms with Crippen molar-refractivity contribution in [3.8, 4) is 0 Å². The Morgan fingerprint density at radius 2 is 1.80 bits per heavy atom. The predicted molar refractivity (Wildman–Crippen MR) is 18.7 cm³/mol. The third-order valence-electron chi connectivity index (χ3n) is 0. The highest BCUT2D eigenvalue weighted by Crippen LogP contribution is 1.15. The van der Waals surface area contributed by atoms with Gasteiger partial charge < -0.3 is 5.11 Å². The Morgan fingerprint density at radius 3 is 1.80 bits per heavy atom. The van der Waals surface area contributed by atoms with E-state index in [1.165, 1.54) is 0 Å². The summed E-state index contributed by atoms with van der Waals surface area (Å²) in [6.07, 6.45) is 0. The molecule has 0 atom stereocenters. The molecule has 0 unspecified atom stereocenters. The minimum atomic E-state index is -0.250. The van der Waals surface area contributed by atoms with Gasteiger partial charge in [0.15, 0.2) is 0 Å². The molecule has 0 fully saturated rings. The number of hydrogen-bond acceptors (Lipinski definition) is 2. The lowest BCUT2D eigenvalue weighted by Gasteiger charge is -1.34. The molecule has 5 heavy (non-hydrogen) atoms. The maximum absolute atomic E-state index is 8.36. The number of carboxylic acid groups (broad SMARTS) is 1. The molecule has 3 N–H and O–H groups in total. The van der Waals surface area contributed by atoms with Crippen LogP contribution in [0.15, 0.2) is 0 Å². The summed E-state index contributed by atoms with van der Waals surface area (Å²) >= 11 is 4.14. The fourth-order valence-corrected chi connectivity index (χ4v) is 0. The molecule has 4 heteroatoms. The van der Waals surface area contributed by atoms with E-state index in [1.54, 1.807) is 0 Å². The molecule has 0 saturated carbocycles. The van der Waals surface area contributed by atoms with Crippen LogP contribution >= 0.6 is 11.8 Å². The molecule has 0 rings (SSSR count). The van der Waals surface area contributed by atoms with Crippen LogP contribution in [0.5, 0.6) is 0 Å². The fraction of sp³-hybridized carbons (Fsp3) is 0. The Kier molecular flexibility index (Phi) is 93.7. The van der Waals surface area contributed by atoms with Crippen LogP contribution in [0.25, 0.3) is 0 Å². The summed E-state index contributed by atoms with van der Waals surface area (Å²) in [5, 5.41) is 10.9. The second-order valence-corrected chi connectivity index (χ2v) is 0.105. The highest BCUT2D eigenvalue weighted by molar-refractivity contribution is 6.11. The molecule has 0 aromatic carbocycles. The monoisotopic (exact) mass is 97.0 g/mol. The van der Waals surface area contributed by atoms with Crippen molar-refractivity contribution in [1.82, 2.24) is 0 Å². The first kappa shape index (κ1) is 8.83. The van der Waals surface area contributed by atoms with Gasteiger partial charge in [0, 0.05) is 0 Å². The maximum atomic E-state index is 8.36. The first-order chi connectivity index (χ1) is 2.41. The number of halogens is 1. The largest absolute Gasteiger partial charge is 0.483 e. The Morgan fingerprint density at radius 1 is 1.80 bits per heavy atom. The van der Waals surface area contributed by atoms with Gasteiger partial charge in [-0.25, -0.2) is 5.25 Å². The van der Waals surface area contributed by atoms with Crippen molar-refractivity contribution in [2.45, 2.75) is 0 Å². The van der Waals surface area contributed by atoms with Gasteiger partial charge in [0.2, 0.25) is 0 Å². The van der Waals surface area contributed by atoms with Crippen LogP contribution in [0.1, 0.15) is 0 Å². The summed E-state index contributed by atoms with van der Waals surface area (Å²) in [5.74, 6) is 0. The van der Waals surface area contributed by atoms with Crippen LogP contribution in [0.2, 0.25) is 0 Å². The molecule has 0 heterocycles. The molecule has 0 aromatic heterocycles. The Bertz CT molecular complexity index is 17.1. The van der Waals surface area contributed by atoms with Crippen molar-refractivity contribution in [2.75, 3.05) is 0 Å². The number of nitrogens with two attached hydrogens (primary N) is 1. The standard InChI is InChI=1S/CH2O2.ClH2N/c2-1-3;1-2/h1H,(H,2,3);2H2. The quantitative estimate of drug-likeness (QED) is 0.325. The molecular formula is CH4ClNO2. The lowest BCUT2D eigenvalue weighted by molar-refractivity contribution is -0.122.